The van der Waals surface area contributed by atoms with Crippen molar-refractivity contribution in [3.8, 4) is 0 Å². The summed E-state index contributed by atoms with van der Waals surface area (Å²) in [7, 11) is 0. The van der Waals surface area contributed by atoms with Crippen LogP contribution in [0.15, 0.2) is 0 Å². The molecule has 0 spiro atoms. The van der Waals surface area contributed by atoms with E-state index in [9.17, 15) is 26.3 Å². The molecule has 24 heavy (non-hydrogen) atoms. The molecule has 134 valence electrons. The van der Waals surface area contributed by atoms with Crippen molar-refractivity contribution < 1.29 is 26.3 Å². The molecule has 0 N–H and O–H groups in total. The second-order valence-electron chi connectivity index (χ2n) is 6.96. The first-order valence-corrected chi connectivity index (χ1v) is 8.47. The van der Waals surface area contributed by atoms with Gasteiger partial charge in [0, 0.05) is 11.8 Å². The number of alkyl halides is 4. The van der Waals surface area contributed by atoms with Gasteiger partial charge in [-0.2, -0.15) is 0 Å². The van der Waals surface area contributed by atoms with Gasteiger partial charge in [-0.1, -0.05) is 26.7 Å². The summed E-state index contributed by atoms with van der Waals surface area (Å²) in [6.07, 6.45) is 0.901. The average Bonchev–Trinajstić information content (AvgIpc) is 2.90. The van der Waals surface area contributed by atoms with Gasteiger partial charge in [0.1, 0.15) is 0 Å². The predicted octanol–water partition coefficient (Wildman–Crippen LogP) is 6.09. The van der Waals surface area contributed by atoms with Crippen molar-refractivity contribution in [2.45, 2.75) is 64.2 Å². The van der Waals surface area contributed by atoms with Gasteiger partial charge >= 0.3 is 0 Å². The van der Waals surface area contributed by atoms with Crippen LogP contribution in [0.4, 0.5) is 26.3 Å². The van der Waals surface area contributed by atoms with E-state index in [2.05, 4.69) is 0 Å². The fraction of sp³-hybridized carbons (Fsp3) is 0.667. The van der Waals surface area contributed by atoms with Crippen LogP contribution >= 0.6 is 0 Å². The highest BCUT2D eigenvalue weighted by Crippen LogP contribution is 2.57. The molecule has 0 aromatic heterocycles. The van der Waals surface area contributed by atoms with Crippen molar-refractivity contribution in [3.63, 3.8) is 0 Å². The number of benzene rings is 1. The normalized spacial score (nSPS) is 26.5. The van der Waals surface area contributed by atoms with E-state index in [1.807, 2.05) is 0 Å². The van der Waals surface area contributed by atoms with Gasteiger partial charge < -0.3 is 0 Å². The van der Waals surface area contributed by atoms with Gasteiger partial charge in [-0.15, -0.1) is 0 Å². The molecule has 3 rings (SSSR count). The molecule has 0 radical (unpaired) electrons. The van der Waals surface area contributed by atoms with E-state index >= 15 is 0 Å². The Balaban J connectivity index is 2.20. The van der Waals surface area contributed by atoms with E-state index in [1.165, 1.54) is 0 Å². The first kappa shape index (κ1) is 17.6. The highest BCUT2D eigenvalue weighted by atomic mass is 19.3. The topological polar surface area (TPSA) is 0 Å². The fourth-order valence-corrected chi connectivity index (χ4v) is 4.35. The molecule has 0 saturated heterocycles. The largest absolute Gasteiger partial charge is 0.279 e. The van der Waals surface area contributed by atoms with Crippen LogP contribution in [-0.2, 0) is 24.7 Å². The molecule has 2 aliphatic rings. The van der Waals surface area contributed by atoms with Gasteiger partial charge in [-0.3, -0.25) is 0 Å². The minimum absolute atomic E-state index is 0.0781. The van der Waals surface area contributed by atoms with Crippen molar-refractivity contribution in [3.05, 3.63) is 33.9 Å². The number of hydrogen-bond acceptors (Lipinski definition) is 0. The maximum atomic E-state index is 14.5. The minimum Gasteiger partial charge on any atom is -0.203 e. The molecule has 0 nitrogen and oxygen atoms in total. The van der Waals surface area contributed by atoms with Crippen LogP contribution in [0.2, 0.25) is 0 Å². The Morgan fingerprint density at radius 2 is 1.08 bits per heavy atom. The standard InChI is InChI=1S/C18H20F6/c1-3-5-9-7-11-12-8-10(6-4-2)18(23,24)14(12)16(20)15(19)13(11)17(9,21)22/h9-10H,3-8H2,1-2H3. The van der Waals surface area contributed by atoms with Crippen LogP contribution < -0.4 is 0 Å². The Morgan fingerprint density at radius 1 is 0.750 bits per heavy atom. The molecule has 0 fully saturated rings. The van der Waals surface area contributed by atoms with Gasteiger partial charge in [0.25, 0.3) is 11.8 Å². The third-order valence-electron chi connectivity index (χ3n) is 5.47. The molecule has 2 aliphatic carbocycles. The number of rotatable bonds is 4. The zero-order chi connectivity index (χ0) is 17.9. The van der Waals surface area contributed by atoms with Crippen molar-refractivity contribution in [1.29, 1.82) is 0 Å². The molecule has 0 heterocycles. The van der Waals surface area contributed by atoms with E-state index in [0.717, 1.165) is 0 Å². The molecule has 0 amide bonds. The molecular weight excluding hydrogens is 330 g/mol. The van der Waals surface area contributed by atoms with E-state index < -0.39 is 46.4 Å². The van der Waals surface area contributed by atoms with Gasteiger partial charge in [0.2, 0.25) is 0 Å². The van der Waals surface area contributed by atoms with Crippen molar-refractivity contribution in [2.75, 3.05) is 0 Å². The third-order valence-corrected chi connectivity index (χ3v) is 5.47. The number of halogens is 6. The first-order chi connectivity index (χ1) is 11.2. The summed E-state index contributed by atoms with van der Waals surface area (Å²) >= 11 is 0. The maximum absolute atomic E-state index is 14.5. The van der Waals surface area contributed by atoms with Gasteiger partial charge in [-0.25, -0.2) is 26.3 Å². The lowest BCUT2D eigenvalue weighted by Crippen LogP contribution is -2.24. The van der Waals surface area contributed by atoms with Gasteiger partial charge in [0.15, 0.2) is 11.6 Å². The summed E-state index contributed by atoms with van der Waals surface area (Å²) in [5.41, 5.74) is -2.12. The fourth-order valence-electron chi connectivity index (χ4n) is 4.35. The average molecular weight is 350 g/mol. The molecular formula is C18H20F6. The molecule has 6 heteroatoms. The molecule has 1 aromatic carbocycles. The molecule has 1 aromatic rings. The number of fused-ring (bicyclic) bond motifs is 3. The summed E-state index contributed by atoms with van der Waals surface area (Å²) in [5.74, 6) is -12.9. The highest BCUT2D eigenvalue weighted by molar-refractivity contribution is 5.52. The quantitative estimate of drug-likeness (QED) is 0.576. The first-order valence-electron chi connectivity index (χ1n) is 8.47. The van der Waals surface area contributed by atoms with Crippen molar-refractivity contribution in [2.24, 2.45) is 11.8 Å². The van der Waals surface area contributed by atoms with E-state index in [4.69, 9.17) is 0 Å². The summed E-state index contributed by atoms with van der Waals surface area (Å²) in [4.78, 5) is 0. The van der Waals surface area contributed by atoms with E-state index in [1.54, 1.807) is 13.8 Å². The maximum Gasteiger partial charge on any atom is 0.279 e. The predicted molar refractivity (Wildman–Crippen MR) is 78.4 cm³/mol. The van der Waals surface area contributed by atoms with Crippen LogP contribution in [-0.4, -0.2) is 0 Å². The molecule has 0 aliphatic heterocycles. The van der Waals surface area contributed by atoms with Crippen LogP contribution in [0.1, 0.15) is 61.8 Å². The third kappa shape index (κ3) is 2.21. The minimum atomic E-state index is -3.51. The highest BCUT2D eigenvalue weighted by Gasteiger charge is 2.57. The summed E-state index contributed by atoms with van der Waals surface area (Å²) in [5, 5.41) is 0. The zero-order valence-corrected chi connectivity index (χ0v) is 13.7. The SMILES string of the molecule is CCCC1Cc2c3c(c(F)c(F)c2C1(F)F)C(F)(F)C(CCC)C3. The second kappa shape index (κ2) is 5.67. The van der Waals surface area contributed by atoms with Crippen LogP contribution in [0, 0.1) is 23.5 Å². The van der Waals surface area contributed by atoms with E-state index in [-0.39, 0.29) is 36.8 Å². The Hall–Kier alpha value is -1.20. The molecule has 0 bridgehead atoms. The van der Waals surface area contributed by atoms with E-state index in [0.29, 0.717) is 12.8 Å². The Morgan fingerprint density at radius 3 is 1.38 bits per heavy atom. The van der Waals surface area contributed by atoms with Gasteiger partial charge in [-0.05, 0) is 36.8 Å². The smallest absolute Gasteiger partial charge is 0.203 e. The molecule has 0 saturated carbocycles. The monoisotopic (exact) mass is 350 g/mol. The lowest BCUT2D eigenvalue weighted by Gasteiger charge is -2.21. The lowest BCUT2D eigenvalue weighted by molar-refractivity contribution is -0.0616. The summed E-state index contributed by atoms with van der Waals surface area (Å²) in [6.45, 7) is 3.46. The Bertz CT molecular complexity index is 607. The molecule has 2 atom stereocenters. The van der Waals surface area contributed by atoms with Gasteiger partial charge in [0.05, 0.1) is 11.1 Å². The van der Waals surface area contributed by atoms with Crippen molar-refractivity contribution in [1.82, 2.24) is 0 Å². The summed E-state index contributed by atoms with van der Waals surface area (Å²) in [6, 6.07) is 0. The Labute approximate surface area is 137 Å². The second-order valence-corrected chi connectivity index (χ2v) is 6.96. The van der Waals surface area contributed by atoms with Crippen molar-refractivity contribution >= 4 is 0 Å². The number of hydrogen-bond donors (Lipinski definition) is 0. The van der Waals surface area contributed by atoms with Crippen LogP contribution in [0.25, 0.3) is 0 Å². The van der Waals surface area contributed by atoms with Crippen LogP contribution in [0.3, 0.4) is 0 Å². The Kier molecular flexibility index (Phi) is 4.16. The zero-order valence-electron chi connectivity index (χ0n) is 13.7. The lowest BCUT2D eigenvalue weighted by atomic mass is 9.96. The molecule has 2 unspecified atom stereocenters. The van der Waals surface area contributed by atoms with Crippen LogP contribution in [0.5, 0.6) is 0 Å². The summed E-state index contributed by atoms with van der Waals surface area (Å²) < 4.78 is 86.8.